The summed E-state index contributed by atoms with van der Waals surface area (Å²) in [5.74, 6) is 2.12. The van der Waals surface area contributed by atoms with Crippen molar-refractivity contribution in [2.45, 2.75) is 20.3 Å². The van der Waals surface area contributed by atoms with Crippen molar-refractivity contribution in [3.8, 4) is 17.2 Å². The summed E-state index contributed by atoms with van der Waals surface area (Å²) in [4.78, 5) is 3.28. The van der Waals surface area contributed by atoms with Crippen molar-refractivity contribution in [3.05, 3.63) is 47.0 Å². The molecule has 1 saturated heterocycles. The Morgan fingerprint density at radius 3 is 1.87 bits per heavy atom. The maximum atomic E-state index is 5.48. The Labute approximate surface area is 193 Å². The first-order valence-electron chi connectivity index (χ1n) is 10.1. The summed E-state index contributed by atoms with van der Waals surface area (Å²) >= 11 is 0. The van der Waals surface area contributed by atoms with E-state index in [1.54, 1.807) is 31.1 Å². The Hall–Kier alpha value is -1.66. The van der Waals surface area contributed by atoms with Gasteiger partial charge >= 0.3 is 0 Å². The van der Waals surface area contributed by atoms with Crippen LogP contribution in [0.15, 0.2) is 30.3 Å². The van der Waals surface area contributed by atoms with Gasteiger partial charge in [0.2, 0.25) is 5.75 Å². The minimum Gasteiger partial charge on any atom is -1.00 e. The number of nitrogens with one attached hydrogen (secondary N) is 2. The number of aryl methyl sites for hydroxylation is 2. The third-order valence-corrected chi connectivity index (χ3v) is 5.97. The summed E-state index contributed by atoms with van der Waals surface area (Å²) in [7, 11) is 4.98. The lowest BCUT2D eigenvalue weighted by molar-refractivity contribution is -0.986. The molecule has 0 atom stereocenters. The zero-order valence-corrected chi connectivity index (χ0v) is 20.1. The van der Waals surface area contributed by atoms with Gasteiger partial charge in [-0.05, 0) is 48.7 Å². The molecule has 0 unspecified atom stereocenters. The summed E-state index contributed by atoms with van der Waals surface area (Å²) < 4.78 is 16.4. The van der Waals surface area contributed by atoms with Crippen LogP contribution in [0.25, 0.3) is 0 Å². The van der Waals surface area contributed by atoms with E-state index >= 15 is 0 Å². The van der Waals surface area contributed by atoms with E-state index in [0.717, 1.165) is 24.5 Å². The maximum Gasteiger partial charge on any atom is 0.203 e. The van der Waals surface area contributed by atoms with Crippen LogP contribution in [0.1, 0.15) is 16.7 Å². The second-order valence-electron chi connectivity index (χ2n) is 7.69. The summed E-state index contributed by atoms with van der Waals surface area (Å²) in [6.45, 7) is 10.3. The van der Waals surface area contributed by atoms with Crippen LogP contribution >= 0.6 is 0 Å². The number of ether oxygens (including phenoxy) is 3. The fraction of sp³-hybridized carbons (Fsp3) is 0.478. The Morgan fingerprint density at radius 1 is 0.767 bits per heavy atom. The van der Waals surface area contributed by atoms with Crippen LogP contribution in [0.5, 0.6) is 17.2 Å². The molecule has 168 valence electrons. The van der Waals surface area contributed by atoms with E-state index in [-0.39, 0.29) is 24.8 Å². The normalized spacial score (nSPS) is 18.0. The van der Waals surface area contributed by atoms with Gasteiger partial charge in [-0.15, -0.1) is 0 Å². The van der Waals surface area contributed by atoms with Crippen molar-refractivity contribution in [1.82, 2.24) is 0 Å². The van der Waals surface area contributed by atoms with E-state index in [0.29, 0.717) is 5.75 Å². The van der Waals surface area contributed by atoms with Gasteiger partial charge in [0.25, 0.3) is 0 Å². The predicted octanol–water partition coefficient (Wildman–Crippen LogP) is -5.01. The van der Waals surface area contributed by atoms with Crippen LogP contribution in [-0.4, -0.2) is 54.1 Å². The van der Waals surface area contributed by atoms with Crippen molar-refractivity contribution >= 4 is 5.69 Å². The highest BCUT2D eigenvalue weighted by molar-refractivity contribution is 5.53. The zero-order valence-electron chi connectivity index (χ0n) is 18.6. The molecule has 0 spiro atoms. The quantitative estimate of drug-likeness (QED) is 0.438. The van der Waals surface area contributed by atoms with Crippen LogP contribution in [0.2, 0.25) is 0 Å². The number of rotatable bonds is 7. The molecule has 30 heavy (non-hydrogen) atoms. The van der Waals surface area contributed by atoms with E-state index in [9.17, 15) is 0 Å². The van der Waals surface area contributed by atoms with E-state index < -0.39 is 0 Å². The molecule has 1 heterocycles. The van der Waals surface area contributed by atoms with Crippen molar-refractivity contribution in [2.24, 2.45) is 0 Å². The molecule has 5 nitrogen and oxygen atoms in total. The fourth-order valence-corrected chi connectivity index (χ4v) is 4.01. The highest BCUT2D eigenvalue weighted by Crippen LogP contribution is 2.38. The summed E-state index contributed by atoms with van der Waals surface area (Å²) in [5, 5.41) is 0. The number of hydrogen-bond donors (Lipinski definition) is 2. The van der Waals surface area contributed by atoms with E-state index in [2.05, 4.69) is 44.2 Å². The predicted molar refractivity (Wildman–Crippen MR) is 112 cm³/mol. The number of benzene rings is 2. The lowest BCUT2D eigenvalue weighted by Crippen LogP contribution is -3.26. The average Bonchev–Trinajstić information content (AvgIpc) is 2.73. The second-order valence-corrected chi connectivity index (χ2v) is 7.69. The van der Waals surface area contributed by atoms with E-state index in [1.807, 2.05) is 0 Å². The van der Waals surface area contributed by atoms with Gasteiger partial charge < -0.3 is 43.9 Å². The van der Waals surface area contributed by atoms with Gasteiger partial charge in [0, 0.05) is 12.5 Å². The zero-order chi connectivity index (χ0) is 20.1. The maximum absolute atomic E-state index is 5.48. The van der Waals surface area contributed by atoms with E-state index in [1.165, 1.54) is 48.6 Å². The molecule has 1 aliphatic rings. The average molecular weight is 457 g/mol. The molecular formula is C23H34Cl2N2O3. The molecule has 2 aromatic carbocycles. The summed E-state index contributed by atoms with van der Waals surface area (Å²) in [5.41, 5.74) is 5.43. The minimum absolute atomic E-state index is 0. The highest BCUT2D eigenvalue weighted by Gasteiger charge is 2.24. The third-order valence-electron chi connectivity index (χ3n) is 5.97. The first-order chi connectivity index (χ1) is 13.5. The van der Waals surface area contributed by atoms with Gasteiger partial charge in [-0.25, -0.2) is 0 Å². The van der Waals surface area contributed by atoms with Gasteiger partial charge in [0.1, 0.15) is 31.9 Å². The van der Waals surface area contributed by atoms with Crippen LogP contribution in [0.3, 0.4) is 0 Å². The molecule has 0 radical (unpaired) electrons. The van der Waals surface area contributed by atoms with Gasteiger partial charge in [0.15, 0.2) is 11.5 Å². The molecule has 7 heteroatoms. The fourth-order valence-electron chi connectivity index (χ4n) is 4.01. The lowest BCUT2D eigenvalue weighted by atomic mass is 10.1. The van der Waals surface area contributed by atoms with Crippen molar-refractivity contribution in [1.29, 1.82) is 0 Å². The molecule has 0 amide bonds. The molecule has 0 saturated carbocycles. The molecule has 3 rings (SSSR count). The van der Waals surface area contributed by atoms with Crippen molar-refractivity contribution < 1.29 is 48.8 Å². The van der Waals surface area contributed by atoms with Gasteiger partial charge in [0.05, 0.1) is 27.9 Å². The minimum atomic E-state index is 0. The number of halogens is 2. The first kappa shape index (κ1) is 26.4. The van der Waals surface area contributed by atoms with Crippen LogP contribution < -0.4 is 48.8 Å². The van der Waals surface area contributed by atoms with Crippen LogP contribution in [0.4, 0.5) is 5.69 Å². The number of piperazine rings is 1. The van der Waals surface area contributed by atoms with E-state index in [4.69, 9.17) is 14.2 Å². The van der Waals surface area contributed by atoms with Crippen LogP contribution in [-0.2, 0) is 6.42 Å². The molecule has 1 fully saturated rings. The van der Waals surface area contributed by atoms with Crippen molar-refractivity contribution in [2.75, 3.05) is 54.1 Å². The summed E-state index contributed by atoms with van der Waals surface area (Å²) in [6, 6.07) is 11.0. The summed E-state index contributed by atoms with van der Waals surface area (Å²) in [6.07, 6.45) is 1.00. The Balaban J connectivity index is 0.00000225. The monoisotopic (exact) mass is 456 g/mol. The molecule has 0 aromatic heterocycles. The molecule has 2 N–H and O–H groups in total. The molecular weight excluding hydrogens is 423 g/mol. The van der Waals surface area contributed by atoms with Gasteiger partial charge in [-0.1, -0.05) is 6.07 Å². The van der Waals surface area contributed by atoms with Crippen LogP contribution in [0, 0.1) is 13.8 Å². The molecule has 0 aliphatic carbocycles. The van der Waals surface area contributed by atoms with Gasteiger partial charge in [-0.2, -0.15) is 0 Å². The largest absolute Gasteiger partial charge is 1.00 e. The number of methoxy groups -OCH3 is 3. The number of hydrogen-bond acceptors (Lipinski definition) is 3. The highest BCUT2D eigenvalue weighted by atomic mass is 35.5. The Kier molecular flexibility index (Phi) is 10.8. The standard InChI is InChI=1S/C23H32N2O3.2ClH/c1-17-6-7-20(14-18(17)2)25-12-10-24(11-13-25)9-8-19-15-21(26-3)23(28-5)22(16-19)27-4;;/h6-7,14-16H,8-13H2,1-5H3;2*1H. The second kappa shape index (κ2) is 12.3. The molecule has 1 aliphatic heterocycles. The van der Waals surface area contributed by atoms with Crippen molar-refractivity contribution in [3.63, 3.8) is 0 Å². The topological polar surface area (TPSA) is 36.6 Å². The Bertz CT molecular complexity index is 784. The number of quaternary nitrogens is 2. The first-order valence-corrected chi connectivity index (χ1v) is 10.1. The SMILES string of the molecule is COc1cc(CC[NH+]2CC[NH+](c3ccc(C)c(C)c3)CC2)cc(OC)c1OC.[Cl-].[Cl-]. The molecule has 0 bridgehead atoms. The molecule has 2 aromatic rings. The smallest absolute Gasteiger partial charge is 0.203 e. The lowest BCUT2D eigenvalue weighted by Gasteiger charge is -2.29. The third kappa shape index (κ3) is 6.17. The van der Waals surface area contributed by atoms with Gasteiger partial charge in [-0.3, -0.25) is 4.90 Å². The Morgan fingerprint density at radius 2 is 1.37 bits per heavy atom.